The van der Waals surface area contributed by atoms with E-state index < -0.39 is 0 Å². The number of pyridine rings is 1. The zero-order valence-corrected chi connectivity index (χ0v) is 30.6. The molecule has 2 heterocycles. The van der Waals surface area contributed by atoms with E-state index >= 15 is 0 Å². The molecule has 0 aliphatic heterocycles. The molecule has 8 aromatic rings. The van der Waals surface area contributed by atoms with Gasteiger partial charge in [0, 0.05) is 39.5 Å². The van der Waals surface area contributed by atoms with Gasteiger partial charge in [-0.05, 0) is 93.2 Å². The van der Waals surface area contributed by atoms with Crippen LogP contribution in [0.2, 0.25) is 0 Å². The lowest BCUT2D eigenvalue weighted by Gasteiger charge is -2.21. The highest BCUT2D eigenvalue weighted by atomic mass is 16.3. The van der Waals surface area contributed by atoms with E-state index in [9.17, 15) is 5.11 Å². The van der Waals surface area contributed by atoms with E-state index in [1.165, 1.54) is 11.1 Å². The Morgan fingerprint density at radius 3 is 1.96 bits per heavy atom. The summed E-state index contributed by atoms with van der Waals surface area (Å²) in [7, 11) is 0. The number of phenolic OH excluding ortho intramolecular Hbond substituents is 1. The average Bonchev–Trinajstić information content (AvgIpc) is 3.54. The number of para-hydroxylation sites is 1. The van der Waals surface area contributed by atoms with Crippen LogP contribution in [0.15, 0.2) is 146 Å². The maximum absolute atomic E-state index is 11.3. The Morgan fingerprint density at radius 1 is 0.500 bits per heavy atom. The van der Waals surface area contributed by atoms with E-state index in [2.05, 4.69) is 149 Å². The Balaban J connectivity index is 1.36. The van der Waals surface area contributed by atoms with Crippen LogP contribution in [0.1, 0.15) is 52.7 Å². The fourth-order valence-corrected chi connectivity index (χ4v) is 7.12. The van der Waals surface area contributed by atoms with Crippen LogP contribution in [0.5, 0.6) is 5.75 Å². The van der Waals surface area contributed by atoms with Crippen LogP contribution in [0.3, 0.4) is 0 Å². The highest BCUT2D eigenvalue weighted by molar-refractivity contribution is 5.99. The quantitative estimate of drug-likeness (QED) is 0.197. The van der Waals surface area contributed by atoms with Crippen molar-refractivity contribution in [1.82, 2.24) is 14.5 Å². The van der Waals surface area contributed by atoms with E-state index in [1.54, 1.807) is 6.07 Å². The third-order valence-electron chi connectivity index (χ3n) is 10.1. The van der Waals surface area contributed by atoms with Gasteiger partial charge in [0.25, 0.3) is 0 Å². The molecule has 0 aliphatic rings. The summed E-state index contributed by atoms with van der Waals surface area (Å²) < 4.78 is 2.25. The fraction of sp³-hybridized carbons (Fsp3) is 0.167. The third-order valence-corrected chi connectivity index (χ3v) is 10.1. The summed E-state index contributed by atoms with van der Waals surface area (Å²) >= 11 is 0. The topological polar surface area (TPSA) is 50.9 Å². The van der Waals surface area contributed by atoms with E-state index in [0.717, 1.165) is 72.4 Å². The van der Waals surface area contributed by atoms with Crippen molar-refractivity contribution in [3.8, 4) is 56.2 Å². The molecule has 8 rings (SSSR count). The maximum atomic E-state index is 11.3. The Kier molecular flexibility index (Phi) is 8.06. The lowest BCUT2D eigenvalue weighted by atomic mass is 9.84. The smallest absolute Gasteiger partial charge is 0.145 e. The first-order valence-corrected chi connectivity index (χ1v) is 18.0. The van der Waals surface area contributed by atoms with Gasteiger partial charge in [-0.3, -0.25) is 9.55 Å². The van der Waals surface area contributed by atoms with Gasteiger partial charge >= 0.3 is 0 Å². The van der Waals surface area contributed by atoms with Crippen LogP contribution in [0.25, 0.3) is 72.4 Å². The Morgan fingerprint density at radius 2 is 1.21 bits per heavy atom. The summed E-state index contributed by atoms with van der Waals surface area (Å²) in [6.45, 7) is 13.5. The molecule has 2 aromatic heterocycles. The Hall–Kier alpha value is -6.00. The lowest BCUT2D eigenvalue weighted by Crippen LogP contribution is -2.11. The molecule has 52 heavy (non-hydrogen) atoms. The van der Waals surface area contributed by atoms with Crippen molar-refractivity contribution in [2.75, 3.05) is 0 Å². The van der Waals surface area contributed by atoms with E-state index in [1.807, 2.05) is 36.5 Å². The molecule has 0 saturated heterocycles. The summed E-state index contributed by atoms with van der Waals surface area (Å²) in [6.07, 6.45) is 1.87. The number of nitrogens with zero attached hydrogens (tertiary/aromatic N) is 3. The lowest BCUT2D eigenvalue weighted by molar-refractivity contribution is 0.477. The van der Waals surface area contributed by atoms with Crippen LogP contribution < -0.4 is 0 Å². The molecular formula is C48H43N3O. The molecule has 4 heteroatoms. The van der Waals surface area contributed by atoms with Gasteiger partial charge in [-0.15, -0.1) is 0 Å². The number of benzene rings is 6. The molecule has 0 amide bonds. The van der Waals surface area contributed by atoms with Crippen molar-refractivity contribution in [3.05, 3.63) is 157 Å². The average molecular weight is 678 g/mol. The van der Waals surface area contributed by atoms with Crippen molar-refractivity contribution < 1.29 is 5.11 Å². The third kappa shape index (κ3) is 6.05. The number of hydrogen-bond donors (Lipinski definition) is 1. The van der Waals surface area contributed by atoms with Gasteiger partial charge in [0.1, 0.15) is 11.6 Å². The summed E-state index contributed by atoms with van der Waals surface area (Å²) in [5.74, 6) is 1.05. The molecule has 0 aliphatic carbocycles. The zero-order chi connectivity index (χ0) is 36.2. The molecule has 0 atom stereocenters. The second kappa shape index (κ2) is 12.6. The number of aromatic hydroxyl groups is 1. The van der Waals surface area contributed by atoms with Crippen LogP contribution in [0.4, 0.5) is 0 Å². The van der Waals surface area contributed by atoms with Crippen molar-refractivity contribution in [3.63, 3.8) is 0 Å². The highest BCUT2D eigenvalue weighted by Gasteiger charge is 2.22. The van der Waals surface area contributed by atoms with Gasteiger partial charge in [0.15, 0.2) is 0 Å². The van der Waals surface area contributed by atoms with Crippen LogP contribution >= 0.6 is 0 Å². The van der Waals surface area contributed by atoms with Crippen LogP contribution in [0, 0.1) is 0 Å². The first-order chi connectivity index (χ1) is 25.0. The molecule has 0 radical (unpaired) electrons. The largest absolute Gasteiger partial charge is 0.507 e. The van der Waals surface area contributed by atoms with Gasteiger partial charge in [-0.1, -0.05) is 126 Å². The fourth-order valence-electron chi connectivity index (χ4n) is 7.12. The molecule has 0 saturated carbocycles. The molecule has 0 bridgehead atoms. The second-order valence-electron chi connectivity index (χ2n) is 15.8. The minimum atomic E-state index is -0.0244. The normalized spacial score (nSPS) is 12.1. The van der Waals surface area contributed by atoms with E-state index in [-0.39, 0.29) is 16.6 Å². The second-order valence-corrected chi connectivity index (χ2v) is 15.8. The van der Waals surface area contributed by atoms with Crippen molar-refractivity contribution in [2.45, 2.75) is 52.4 Å². The number of aromatic nitrogens is 3. The molecule has 6 aromatic carbocycles. The Labute approximate surface area is 306 Å². The molecule has 0 unspecified atom stereocenters. The van der Waals surface area contributed by atoms with Crippen molar-refractivity contribution >= 4 is 21.9 Å². The SMILES string of the molecule is CC(C)(C)c1ccc(-n2c(-c3cccc(-c4cc(C(C)(C)C)cc5cccnc45)c3)nc3c(-c4cc(-c5ccccc5)ccc4O)cccc32)cc1. The first-order valence-electron chi connectivity index (χ1n) is 18.0. The predicted octanol–water partition coefficient (Wildman–Crippen LogP) is 12.5. The Bertz CT molecular complexity index is 2580. The predicted molar refractivity (Wildman–Crippen MR) is 217 cm³/mol. The molecular weight excluding hydrogens is 635 g/mol. The number of phenols is 1. The van der Waals surface area contributed by atoms with Crippen LogP contribution in [-0.4, -0.2) is 19.6 Å². The molecule has 0 spiro atoms. The summed E-state index contributed by atoms with van der Waals surface area (Å²) in [6, 6.07) is 48.5. The molecule has 1 N–H and O–H groups in total. The highest BCUT2D eigenvalue weighted by Crippen LogP contribution is 2.41. The summed E-state index contributed by atoms with van der Waals surface area (Å²) in [4.78, 5) is 10.3. The minimum absolute atomic E-state index is 0.0244. The molecule has 0 fully saturated rings. The van der Waals surface area contributed by atoms with Gasteiger partial charge in [0.2, 0.25) is 0 Å². The number of rotatable bonds is 5. The standard InChI is InChI=1S/C48H43N3O/c1-47(2,3)36-21-23-38(24-22-36)51-42-19-11-18-39(41-29-32(20-25-43(41)52)31-13-8-7-9-14-31)45(42)50-46(51)35-16-10-15-33(27-35)40-30-37(48(4,5)6)28-34-17-12-26-49-44(34)40/h7-30,52H,1-6H3. The maximum Gasteiger partial charge on any atom is 0.145 e. The van der Waals surface area contributed by atoms with E-state index in [4.69, 9.17) is 9.97 Å². The van der Waals surface area contributed by atoms with Gasteiger partial charge in [-0.25, -0.2) is 4.98 Å². The monoisotopic (exact) mass is 677 g/mol. The van der Waals surface area contributed by atoms with Crippen molar-refractivity contribution in [1.29, 1.82) is 0 Å². The number of hydrogen-bond acceptors (Lipinski definition) is 3. The van der Waals surface area contributed by atoms with Crippen LogP contribution in [-0.2, 0) is 10.8 Å². The molecule has 256 valence electrons. The number of fused-ring (bicyclic) bond motifs is 2. The van der Waals surface area contributed by atoms with Gasteiger partial charge < -0.3 is 5.11 Å². The van der Waals surface area contributed by atoms with Gasteiger partial charge in [0.05, 0.1) is 16.6 Å². The van der Waals surface area contributed by atoms with E-state index in [0.29, 0.717) is 0 Å². The minimum Gasteiger partial charge on any atom is -0.507 e. The first kappa shape index (κ1) is 33.2. The number of imidazole rings is 1. The molecule has 4 nitrogen and oxygen atoms in total. The van der Waals surface area contributed by atoms with Crippen molar-refractivity contribution in [2.24, 2.45) is 0 Å². The summed E-state index contributed by atoms with van der Waals surface area (Å²) in [5.41, 5.74) is 13.3. The summed E-state index contributed by atoms with van der Waals surface area (Å²) in [5, 5.41) is 12.4. The zero-order valence-electron chi connectivity index (χ0n) is 30.6. The van der Waals surface area contributed by atoms with Gasteiger partial charge in [-0.2, -0.15) is 0 Å².